The van der Waals surface area contributed by atoms with Gasteiger partial charge in [0.2, 0.25) is 17.6 Å². The lowest BCUT2D eigenvalue weighted by Crippen LogP contribution is -2.28. The van der Waals surface area contributed by atoms with Gasteiger partial charge in [-0.1, -0.05) is 63.0 Å². The summed E-state index contributed by atoms with van der Waals surface area (Å²) in [5, 5.41) is 6.92. The molecule has 1 aliphatic rings. The Labute approximate surface area is 142 Å². The molecule has 0 aliphatic heterocycles. The fourth-order valence-electron chi connectivity index (χ4n) is 3.06. The van der Waals surface area contributed by atoms with E-state index in [1.807, 2.05) is 12.1 Å². The van der Waals surface area contributed by atoms with Crippen LogP contribution in [0.5, 0.6) is 0 Å². The van der Waals surface area contributed by atoms with Crippen LogP contribution >= 0.6 is 0 Å². The zero-order valence-electron chi connectivity index (χ0n) is 14.6. The third kappa shape index (κ3) is 3.83. The Balaban J connectivity index is 1.61. The van der Waals surface area contributed by atoms with E-state index in [2.05, 4.69) is 48.4 Å². The van der Waals surface area contributed by atoms with Crippen molar-refractivity contribution in [1.29, 1.82) is 0 Å². The standard InChI is InChI=1S/C19H25N3O2/c1-19(2,3)15-10-8-13(9-11-15)17-21-16(24-22-17)12-20-18(23)14-6-4-5-7-14/h8-11,14H,4-7,12H2,1-3H3,(H,20,23). The molecule has 1 aromatic carbocycles. The van der Waals surface area contributed by atoms with Gasteiger partial charge in [-0.2, -0.15) is 4.98 Å². The first-order valence-electron chi connectivity index (χ1n) is 8.65. The topological polar surface area (TPSA) is 68.0 Å². The number of aromatic nitrogens is 2. The minimum Gasteiger partial charge on any atom is -0.347 e. The Morgan fingerprint density at radius 3 is 2.50 bits per heavy atom. The van der Waals surface area contributed by atoms with Crippen molar-refractivity contribution >= 4 is 5.91 Å². The third-order valence-electron chi connectivity index (χ3n) is 4.62. The van der Waals surface area contributed by atoms with E-state index in [-0.39, 0.29) is 17.2 Å². The summed E-state index contributed by atoms with van der Waals surface area (Å²) in [6.07, 6.45) is 4.27. The van der Waals surface area contributed by atoms with Crippen molar-refractivity contribution in [3.63, 3.8) is 0 Å². The van der Waals surface area contributed by atoms with Gasteiger partial charge in [0.05, 0.1) is 6.54 Å². The van der Waals surface area contributed by atoms with Gasteiger partial charge >= 0.3 is 0 Å². The smallest absolute Gasteiger partial charge is 0.246 e. The minimum absolute atomic E-state index is 0.0989. The van der Waals surface area contributed by atoms with Crippen LogP contribution in [-0.4, -0.2) is 16.0 Å². The molecule has 0 bridgehead atoms. The van der Waals surface area contributed by atoms with Gasteiger partial charge < -0.3 is 9.84 Å². The second-order valence-corrected chi connectivity index (χ2v) is 7.54. The summed E-state index contributed by atoms with van der Waals surface area (Å²) in [5.74, 6) is 1.25. The number of hydrogen-bond acceptors (Lipinski definition) is 4. The van der Waals surface area contributed by atoms with Crippen molar-refractivity contribution < 1.29 is 9.32 Å². The van der Waals surface area contributed by atoms with Crippen LogP contribution in [0.1, 0.15) is 57.9 Å². The zero-order chi connectivity index (χ0) is 17.2. The van der Waals surface area contributed by atoms with Crippen LogP contribution in [0.3, 0.4) is 0 Å². The summed E-state index contributed by atoms with van der Waals surface area (Å²) in [5.41, 5.74) is 2.30. The van der Waals surface area contributed by atoms with Gasteiger partial charge in [0.1, 0.15) is 0 Å². The van der Waals surface area contributed by atoms with E-state index in [4.69, 9.17) is 4.52 Å². The van der Waals surface area contributed by atoms with E-state index in [0.29, 0.717) is 18.3 Å². The first-order chi connectivity index (χ1) is 11.4. The molecule has 1 saturated carbocycles. The van der Waals surface area contributed by atoms with Crippen LogP contribution in [0.2, 0.25) is 0 Å². The summed E-state index contributed by atoms with van der Waals surface area (Å²) in [4.78, 5) is 16.4. The van der Waals surface area contributed by atoms with Gasteiger partial charge in [0, 0.05) is 11.5 Å². The highest BCUT2D eigenvalue weighted by atomic mass is 16.5. The maximum absolute atomic E-state index is 12.0. The van der Waals surface area contributed by atoms with Crippen LogP contribution in [0.15, 0.2) is 28.8 Å². The second-order valence-electron chi connectivity index (χ2n) is 7.54. The number of carbonyl (C=O) groups is 1. The number of amides is 1. The number of rotatable bonds is 4. The van der Waals surface area contributed by atoms with Crippen molar-refractivity contribution in [1.82, 2.24) is 15.5 Å². The normalized spacial score (nSPS) is 15.6. The molecule has 0 unspecified atom stereocenters. The predicted molar refractivity (Wildman–Crippen MR) is 92.2 cm³/mol. The number of nitrogens with zero attached hydrogens (tertiary/aromatic N) is 2. The summed E-state index contributed by atoms with van der Waals surface area (Å²) in [6, 6.07) is 8.19. The highest BCUT2D eigenvalue weighted by molar-refractivity contribution is 5.78. The molecule has 128 valence electrons. The molecule has 1 amide bonds. The van der Waals surface area contributed by atoms with Gasteiger partial charge in [-0.15, -0.1) is 0 Å². The van der Waals surface area contributed by atoms with Crippen molar-refractivity contribution in [3.8, 4) is 11.4 Å². The quantitative estimate of drug-likeness (QED) is 0.926. The summed E-state index contributed by atoms with van der Waals surface area (Å²) in [6.45, 7) is 6.84. The average molecular weight is 327 g/mol. The Morgan fingerprint density at radius 1 is 1.21 bits per heavy atom. The van der Waals surface area contributed by atoms with Crippen LogP contribution in [0.25, 0.3) is 11.4 Å². The molecular formula is C19H25N3O2. The maximum atomic E-state index is 12.0. The van der Waals surface area contributed by atoms with Gasteiger partial charge in [-0.25, -0.2) is 0 Å². The number of nitrogens with one attached hydrogen (secondary N) is 1. The molecule has 2 aromatic rings. The van der Waals surface area contributed by atoms with E-state index in [0.717, 1.165) is 31.2 Å². The lowest BCUT2D eigenvalue weighted by atomic mass is 9.87. The lowest BCUT2D eigenvalue weighted by Gasteiger charge is -2.18. The second kappa shape index (κ2) is 6.75. The first kappa shape index (κ1) is 16.7. The molecule has 5 nitrogen and oxygen atoms in total. The van der Waals surface area contributed by atoms with E-state index in [1.165, 1.54) is 5.56 Å². The Bertz CT molecular complexity index is 692. The zero-order valence-corrected chi connectivity index (χ0v) is 14.6. The lowest BCUT2D eigenvalue weighted by molar-refractivity contribution is -0.125. The highest BCUT2D eigenvalue weighted by Gasteiger charge is 2.22. The van der Waals surface area contributed by atoms with Crippen molar-refractivity contribution in [3.05, 3.63) is 35.7 Å². The Morgan fingerprint density at radius 2 is 1.88 bits per heavy atom. The third-order valence-corrected chi connectivity index (χ3v) is 4.62. The molecule has 24 heavy (non-hydrogen) atoms. The molecule has 0 spiro atoms. The maximum Gasteiger partial charge on any atom is 0.246 e. The Hall–Kier alpha value is -2.17. The van der Waals surface area contributed by atoms with Crippen molar-refractivity contribution in [2.24, 2.45) is 5.92 Å². The fraction of sp³-hybridized carbons (Fsp3) is 0.526. The van der Waals surface area contributed by atoms with Crippen LogP contribution < -0.4 is 5.32 Å². The molecule has 1 heterocycles. The van der Waals surface area contributed by atoms with Crippen LogP contribution in [0.4, 0.5) is 0 Å². The molecule has 1 N–H and O–H groups in total. The van der Waals surface area contributed by atoms with Gasteiger partial charge in [0.15, 0.2) is 0 Å². The van der Waals surface area contributed by atoms with Crippen LogP contribution in [-0.2, 0) is 16.8 Å². The summed E-state index contributed by atoms with van der Waals surface area (Å²) < 4.78 is 5.25. The SMILES string of the molecule is CC(C)(C)c1ccc(-c2noc(CNC(=O)C3CCCC3)n2)cc1. The number of benzene rings is 1. The van der Waals surface area contributed by atoms with E-state index >= 15 is 0 Å². The molecule has 0 atom stereocenters. The Kier molecular flexibility index (Phi) is 4.69. The fourth-order valence-corrected chi connectivity index (χ4v) is 3.06. The summed E-state index contributed by atoms with van der Waals surface area (Å²) >= 11 is 0. The predicted octanol–water partition coefficient (Wildman–Crippen LogP) is 3.84. The summed E-state index contributed by atoms with van der Waals surface area (Å²) in [7, 11) is 0. The molecule has 0 radical (unpaired) electrons. The van der Waals surface area contributed by atoms with Crippen LogP contribution in [0, 0.1) is 5.92 Å². The average Bonchev–Trinajstić information content (AvgIpc) is 3.23. The van der Waals surface area contributed by atoms with E-state index < -0.39 is 0 Å². The molecule has 5 heteroatoms. The molecule has 1 fully saturated rings. The van der Waals surface area contributed by atoms with E-state index in [1.54, 1.807) is 0 Å². The van der Waals surface area contributed by atoms with Crippen molar-refractivity contribution in [2.75, 3.05) is 0 Å². The number of hydrogen-bond donors (Lipinski definition) is 1. The van der Waals surface area contributed by atoms with Gasteiger partial charge in [0.25, 0.3) is 0 Å². The number of carbonyl (C=O) groups excluding carboxylic acids is 1. The largest absolute Gasteiger partial charge is 0.347 e. The molecule has 1 aromatic heterocycles. The van der Waals surface area contributed by atoms with Gasteiger partial charge in [-0.3, -0.25) is 4.79 Å². The molecular weight excluding hydrogens is 302 g/mol. The molecule has 3 rings (SSSR count). The highest BCUT2D eigenvalue weighted by Crippen LogP contribution is 2.26. The monoisotopic (exact) mass is 327 g/mol. The molecule has 1 aliphatic carbocycles. The first-order valence-corrected chi connectivity index (χ1v) is 8.65. The molecule has 0 saturated heterocycles. The van der Waals surface area contributed by atoms with Gasteiger partial charge in [-0.05, 0) is 23.8 Å². The minimum atomic E-state index is 0.0989. The van der Waals surface area contributed by atoms with E-state index in [9.17, 15) is 4.79 Å². The van der Waals surface area contributed by atoms with Crippen molar-refractivity contribution in [2.45, 2.75) is 58.4 Å².